The average molecular weight is 320 g/mol. The van der Waals surface area contributed by atoms with Gasteiger partial charge < -0.3 is 13.7 Å². The molecular weight excluding hydrogens is 308 g/mol. The molecule has 2 aromatic heterocycles. The minimum Gasteiger partial charge on any atom is -0.497 e. The monoisotopic (exact) mass is 320 g/mol. The molecule has 4 rings (SSSR count). The number of para-hydroxylation sites is 1. The molecule has 0 N–H and O–H groups in total. The number of hydrogen-bond donors (Lipinski definition) is 0. The molecule has 0 radical (unpaired) electrons. The fourth-order valence-corrected chi connectivity index (χ4v) is 2.48. The van der Waals surface area contributed by atoms with Crippen LogP contribution in [0.15, 0.2) is 68.3 Å². The van der Waals surface area contributed by atoms with Crippen molar-refractivity contribution in [3.05, 3.63) is 65.0 Å². The molecule has 0 unspecified atom stereocenters. The molecular formula is C18H12N2O4. The zero-order chi connectivity index (χ0) is 16.5. The van der Waals surface area contributed by atoms with E-state index in [0.29, 0.717) is 22.9 Å². The van der Waals surface area contributed by atoms with Crippen LogP contribution in [0.1, 0.15) is 0 Å². The van der Waals surface area contributed by atoms with E-state index in [1.165, 1.54) is 6.07 Å². The van der Waals surface area contributed by atoms with Crippen molar-refractivity contribution in [3.8, 4) is 28.6 Å². The predicted molar refractivity (Wildman–Crippen MR) is 87.8 cm³/mol. The lowest BCUT2D eigenvalue weighted by atomic mass is 10.1. The van der Waals surface area contributed by atoms with Gasteiger partial charge in [0, 0.05) is 22.6 Å². The van der Waals surface area contributed by atoms with Crippen molar-refractivity contribution in [2.45, 2.75) is 0 Å². The van der Waals surface area contributed by atoms with E-state index in [-0.39, 0.29) is 0 Å². The maximum atomic E-state index is 11.8. The number of hydrogen-bond acceptors (Lipinski definition) is 6. The van der Waals surface area contributed by atoms with Gasteiger partial charge in [-0.2, -0.15) is 4.98 Å². The molecule has 118 valence electrons. The number of benzene rings is 2. The van der Waals surface area contributed by atoms with Crippen molar-refractivity contribution < 1.29 is 13.7 Å². The second kappa shape index (κ2) is 5.66. The van der Waals surface area contributed by atoms with Gasteiger partial charge in [0.05, 0.1) is 7.11 Å². The van der Waals surface area contributed by atoms with Crippen LogP contribution < -0.4 is 10.4 Å². The van der Waals surface area contributed by atoms with Gasteiger partial charge >= 0.3 is 5.63 Å². The van der Waals surface area contributed by atoms with Crippen molar-refractivity contribution in [3.63, 3.8) is 0 Å². The Hall–Kier alpha value is -3.41. The minimum absolute atomic E-state index is 0.338. The fourth-order valence-electron chi connectivity index (χ4n) is 2.48. The summed E-state index contributed by atoms with van der Waals surface area (Å²) in [6.07, 6.45) is 0. The van der Waals surface area contributed by atoms with Crippen LogP contribution in [0, 0.1) is 0 Å². The van der Waals surface area contributed by atoms with E-state index in [2.05, 4.69) is 10.1 Å². The molecule has 0 bridgehead atoms. The third-order valence-corrected chi connectivity index (χ3v) is 3.65. The van der Waals surface area contributed by atoms with E-state index >= 15 is 0 Å². The highest BCUT2D eigenvalue weighted by Gasteiger charge is 2.15. The smallest absolute Gasteiger partial charge is 0.336 e. The molecule has 24 heavy (non-hydrogen) atoms. The summed E-state index contributed by atoms with van der Waals surface area (Å²) in [7, 11) is 1.60. The van der Waals surface area contributed by atoms with Crippen LogP contribution in [0.2, 0.25) is 0 Å². The lowest BCUT2D eigenvalue weighted by Gasteiger charge is -2.00. The van der Waals surface area contributed by atoms with Crippen LogP contribution in [0.4, 0.5) is 0 Å². The molecule has 2 heterocycles. The van der Waals surface area contributed by atoms with E-state index < -0.39 is 5.63 Å². The largest absolute Gasteiger partial charge is 0.497 e. The zero-order valence-electron chi connectivity index (χ0n) is 12.7. The molecule has 6 nitrogen and oxygen atoms in total. The van der Waals surface area contributed by atoms with Gasteiger partial charge in [-0.1, -0.05) is 23.4 Å². The van der Waals surface area contributed by atoms with Crippen LogP contribution in [0.25, 0.3) is 33.8 Å². The van der Waals surface area contributed by atoms with Gasteiger partial charge in [-0.3, -0.25) is 0 Å². The van der Waals surface area contributed by atoms with E-state index in [1.807, 2.05) is 36.4 Å². The molecule has 0 fully saturated rings. The molecule has 0 amide bonds. The Morgan fingerprint density at radius 3 is 2.62 bits per heavy atom. The summed E-state index contributed by atoms with van der Waals surface area (Å²) in [6, 6.07) is 15.9. The Labute approximate surface area is 136 Å². The van der Waals surface area contributed by atoms with Gasteiger partial charge in [0.15, 0.2) is 0 Å². The van der Waals surface area contributed by atoms with Crippen LogP contribution in [0.5, 0.6) is 5.75 Å². The molecule has 0 spiro atoms. The van der Waals surface area contributed by atoms with Gasteiger partial charge in [-0.05, 0) is 30.3 Å². The van der Waals surface area contributed by atoms with Gasteiger partial charge in [-0.25, -0.2) is 4.79 Å². The molecule has 0 aliphatic rings. The number of fused-ring (bicyclic) bond motifs is 1. The second-order valence-electron chi connectivity index (χ2n) is 5.13. The predicted octanol–water partition coefficient (Wildman–Crippen LogP) is 3.52. The van der Waals surface area contributed by atoms with E-state index in [0.717, 1.165) is 16.7 Å². The first-order valence-electron chi connectivity index (χ1n) is 7.26. The molecule has 0 aliphatic carbocycles. The van der Waals surface area contributed by atoms with Gasteiger partial charge in [0.25, 0.3) is 5.89 Å². The number of nitrogens with zero attached hydrogens (tertiary/aromatic N) is 2. The highest BCUT2D eigenvalue weighted by atomic mass is 16.5. The standard InChI is InChI=1S/C18H12N2O4/c1-22-12-8-6-11(7-9-12)18-19-17(20-24-18)14-10-16(21)23-15-5-3-2-4-13(14)15/h2-10H,1H3. The van der Waals surface area contributed by atoms with E-state index in [4.69, 9.17) is 13.7 Å². The average Bonchev–Trinajstić information content (AvgIpc) is 3.11. The maximum absolute atomic E-state index is 11.8. The van der Waals surface area contributed by atoms with Crippen molar-refractivity contribution in [2.24, 2.45) is 0 Å². The van der Waals surface area contributed by atoms with E-state index in [1.54, 1.807) is 19.2 Å². The molecule has 0 aliphatic heterocycles. The Morgan fingerprint density at radius 1 is 1.04 bits per heavy atom. The van der Waals surface area contributed by atoms with Crippen LogP contribution in [-0.4, -0.2) is 17.3 Å². The molecule has 0 atom stereocenters. The first-order chi connectivity index (χ1) is 11.7. The minimum atomic E-state index is -0.459. The van der Waals surface area contributed by atoms with Crippen molar-refractivity contribution in [1.29, 1.82) is 0 Å². The Bertz CT molecular complexity index is 1060. The van der Waals surface area contributed by atoms with Gasteiger partial charge in [0.2, 0.25) is 5.82 Å². The Morgan fingerprint density at radius 2 is 1.83 bits per heavy atom. The van der Waals surface area contributed by atoms with Gasteiger partial charge in [0.1, 0.15) is 11.3 Å². The second-order valence-corrected chi connectivity index (χ2v) is 5.13. The quantitative estimate of drug-likeness (QED) is 0.537. The lowest BCUT2D eigenvalue weighted by Crippen LogP contribution is -1.98. The summed E-state index contributed by atoms with van der Waals surface area (Å²) in [6.45, 7) is 0. The number of ether oxygens (including phenoxy) is 1. The zero-order valence-corrected chi connectivity index (χ0v) is 12.7. The number of aromatic nitrogens is 2. The Balaban J connectivity index is 1.81. The van der Waals surface area contributed by atoms with Crippen molar-refractivity contribution >= 4 is 11.0 Å². The number of methoxy groups -OCH3 is 1. The number of rotatable bonds is 3. The molecule has 0 saturated carbocycles. The van der Waals surface area contributed by atoms with Crippen LogP contribution >= 0.6 is 0 Å². The van der Waals surface area contributed by atoms with Crippen LogP contribution in [-0.2, 0) is 0 Å². The summed E-state index contributed by atoms with van der Waals surface area (Å²) in [5, 5.41) is 4.75. The molecule has 0 saturated heterocycles. The van der Waals surface area contributed by atoms with E-state index in [9.17, 15) is 4.79 Å². The first kappa shape index (κ1) is 14.2. The third kappa shape index (κ3) is 2.44. The third-order valence-electron chi connectivity index (χ3n) is 3.65. The maximum Gasteiger partial charge on any atom is 0.336 e. The SMILES string of the molecule is COc1ccc(-c2nc(-c3cc(=O)oc4ccccc34)no2)cc1. The highest BCUT2D eigenvalue weighted by Crippen LogP contribution is 2.27. The van der Waals surface area contributed by atoms with Crippen LogP contribution in [0.3, 0.4) is 0 Å². The summed E-state index contributed by atoms with van der Waals surface area (Å²) in [5.74, 6) is 1.44. The van der Waals surface area contributed by atoms with Crippen molar-refractivity contribution in [1.82, 2.24) is 10.1 Å². The molecule has 4 aromatic rings. The fraction of sp³-hybridized carbons (Fsp3) is 0.0556. The lowest BCUT2D eigenvalue weighted by molar-refractivity contribution is 0.414. The normalized spacial score (nSPS) is 10.9. The first-order valence-corrected chi connectivity index (χ1v) is 7.26. The topological polar surface area (TPSA) is 78.4 Å². The summed E-state index contributed by atoms with van der Waals surface area (Å²) >= 11 is 0. The summed E-state index contributed by atoms with van der Waals surface area (Å²) in [4.78, 5) is 16.2. The van der Waals surface area contributed by atoms with Crippen molar-refractivity contribution in [2.75, 3.05) is 7.11 Å². The Kier molecular flexibility index (Phi) is 3.35. The summed E-state index contributed by atoms with van der Waals surface area (Å²) < 4.78 is 15.6. The van der Waals surface area contributed by atoms with Gasteiger partial charge in [-0.15, -0.1) is 0 Å². The summed E-state index contributed by atoms with van der Waals surface area (Å²) in [5.41, 5.74) is 1.36. The molecule has 6 heteroatoms. The molecule has 2 aromatic carbocycles. The highest BCUT2D eigenvalue weighted by molar-refractivity contribution is 5.91.